The molecule has 1 aliphatic rings. The van der Waals surface area contributed by atoms with E-state index in [0.29, 0.717) is 5.56 Å². The monoisotopic (exact) mass is 251 g/mol. The highest BCUT2D eigenvalue weighted by Crippen LogP contribution is 2.32. The van der Waals surface area contributed by atoms with E-state index >= 15 is 0 Å². The van der Waals surface area contributed by atoms with Crippen molar-refractivity contribution in [1.82, 2.24) is 0 Å². The number of carbonyl (C=O) groups excluding carboxylic acids is 1. The number of esters is 1. The lowest BCUT2D eigenvalue weighted by molar-refractivity contribution is -0.385. The molecule has 1 heterocycles. The van der Waals surface area contributed by atoms with E-state index in [1.807, 2.05) is 0 Å². The minimum absolute atomic E-state index is 0.0992. The quantitative estimate of drug-likeness (QED) is 0.493. The molecule has 6 nitrogen and oxygen atoms in total. The van der Waals surface area contributed by atoms with E-state index in [1.54, 1.807) is 19.1 Å². The van der Waals surface area contributed by atoms with E-state index in [2.05, 4.69) is 0 Å². The maximum Gasteiger partial charge on any atom is 0.338 e. The summed E-state index contributed by atoms with van der Waals surface area (Å²) in [4.78, 5) is 21.9. The molecule has 0 aliphatic carbocycles. The third kappa shape index (κ3) is 1.95. The Balaban J connectivity index is 2.34. The van der Waals surface area contributed by atoms with Gasteiger partial charge in [-0.2, -0.15) is 0 Å². The molecule has 1 N–H and O–H groups in total. The maximum atomic E-state index is 11.5. The van der Waals surface area contributed by atoms with Gasteiger partial charge in [-0.05, 0) is 0 Å². The minimum atomic E-state index is -1.67. The van der Waals surface area contributed by atoms with Crippen LogP contribution in [0.25, 0.3) is 0 Å². The van der Waals surface area contributed by atoms with Gasteiger partial charge < -0.3 is 9.84 Å². The van der Waals surface area contributed by atoms with Crippen LogP contribution in [0.4, 0.5) is 5.69 Å². The molecule has 1 saturated heterocycles. The van der Waals surface area contributed by atoms with Crippen LogP contribution in [-0.2, 0) is 16.0 Å². The molecule has 0 spiro atoms. The van der Waals surface area contributed by atoms with Crippen molar-refractivity contribution in [3.05, 3.63) is 39.9 Å². The molecule has 0 radical (unpaired) electrons. The number of rotatable bonds is 3. The predicted molar refractivity (Wildman–Crippen MR) is 61.9 cm³/mol. The van der Waals surface area contributed by atoms with Gasteiger partial charge in [-0.15, -0.1) is 0 Å². The Morgan fingerprint density at radius 3 is 2.78 bits per heavy atom. The predicted octanol–water partition coefficient (Wildman–Crippen LogP) is 1.06. The number of nitrogens with zero attached hydrogens (tertiary/aromatic N) is 1. The van der Waals surface area contributed by atoms with Crippen LogP contribution in [0, 0.1) is 16.0 Å². The first-order chi connectivity index (χ1) is 8.45. The van der Waals surface area contributed by atoms with E-state index in [4.69, 9.17) is 4.74 Å². The zero-order valence-electron chi connectivity index (χ0n) is 9.83. The number of hydrogen-bond donors (Lipinski definition) is 1. The van der Waals surface area contributed by atoms with E-state index in [9.17, 15) is 20.0 Å². The second-order valence-electron chi connectivity index (χ2n) is 4.49. The number of cyclic esters (lactones) is 1. The van der Waals surface area contributed by atoms with Crippen molar-refractivity contribution in [2.75, 3.05) is 6.61 Å². The lowest BCUT2D eigenvalue weighted by Crippen LogP contribution is -2.42. The number of carbonyl (C=O) groups is 1. The molecule has 0 unspecified atom stereocenters. The first-order valence-corrected chi connectivity index (χ1v) is 5.57. The third-order valence-corrected chi connectivity index (χ3v) is 3.28. The van der Waals surface area contributed by atoms with E-state index in [0.717, 1.165) is 0 Å². The summed E-state index contributed by atoms with van der Waals surface area (Å²) in [6.45, 7) is 1.82. The van der Waals surface area contributed by atoms with Gasteiger partial charge in [0, 0.05) is 24.0 Å². The van der Waals surface area contributed by atoms with Gasteiger partial charge >= 0.3 is 5.97 Å². The van der Waals surface area contributed by atoms with E-state index in [1.165, 1.54) is 12.1 Å². The number of para-hydroxylation sites is 1. The average Bonchev–Trinajstić information content (AvgIpc) is 2.57. The summed E-state index contributed by atoms with van der Waals surface area (Å²) in [6.07, 6.45) is -0.107. The number of nitro benzene ring substituents is 1. The standard InChI is InChI=1S/C12H13NO5/c1-8-7-18-11(14)12(8,15)6-9-4-2-3-5-10(9)13(16)17/h2-5,8,15H,6-7H2,1H3/t8-,12+/m1/s1. The van der Waals surface area contributed by atoms with Crippen molar-refractivity contribution >= 4 is 11.7 Å². The Hall–Kier alpha value is -1.95. The Kier molecular flexibility index (Phi) is 3.04. The van der Waals surface area contributed by atoms with Crippen LogP contribution in [0.2, 0.25) is 0 Å². The second kappa shape index (κ2) is 4.38. The van der Waals surface area contributed by atoms with Crippen LogP contribution in [0.15, 0.2) is 24.3 Å². The molecule has 1 aromatic carbocycles. The Morgan fingerprint density at radius 1 is 1.56 bits per heavy atom. The lowest BCUT2D eigenvalue weighted by Gasteiger charge is -2.22. The number of aliphatic hydroxyl groups is 1. The SMILES string of the molecule is C[C@@H]1COC(=O)[C@]1(O)Cc1ccccc1[N+](=O)[O-]. The molecule has 0 amide bonds. The van der Waals surface area contributed by atoms with Gasteiger partial charge in [-0.25, -0.2) is 4.79 Å². The second-order valence-corrected chi connectivity index (χ2v) is 4.49. The molecule has 18 heavy (non-hydrogen) atoms. The first kappa shape index (κ1) is 12.5. The molecular weight excluding hydrogens is 238 g/mol. The van der Waals surface area contributed by atoms with Gasteiger partial charge in [-0.3, -0.25) is 10.1 Å². The van der Waals surface area contributed by atoms with Gasteiger partial charge in [0.25, 0.3) is 5.69 Å². The first-order valence-electron chi connectivity index (χ1n) is 5.57. The molecule has 2 rings (SSSR count). The Bertz CT molecular complexity index is 501. The fourth-order valence-electron chi connectivity index (χ4n) is 2.04. The summed E-state index contributed by atoms with van der Waals surface area (Å²) < 4.78 is 4.79. The van der Waals surface area contributed by atoms with Crippen LogP contribution in [0.5, 0.6) is 0 Å². The van der Waals surface area contributed by atoms with Crippen molar-refractivity contribution in [3.63, 3.8) is 0 Å². The van der Waals surface area contributed by atoms with Crippen molar-refractivity contribution in [2.24, 2.45) is 5.92 Å². The lowest BCUT2D eigenvalue weighted by atomic mass is 9.85. The summed E-state index contributed by atoms with van der Waals surface area (Å²) in [7, 11) is 0. The van der Waals surface area contributed by atoms with Gasteiger partial charge in [-0.1, -0.05) is 25.1 Å². The molecule has 0 saturated carbocycles. The van der Waals surface area contributed by atoms with Crippen molar-refractivity contribution in [2.45, 2.75) is 18.9 Å². The number of nitro groups is 1. The molecule has 1 aromatic rings. The van der Waals surface area contributed by atoms with Gasteiger partial charge in [0.15, 0.2) is 5.60 Å². The highest BCUT2D eigenvalue weighted by molar-refractivity contribution is 5.82. The largest absolute Gasteiger partial charge is 0.463 e. The summed E-state index contributed by atoms with van der Waals surface area (Å²) in [5.41, 5.74) is -1.44. The maximum absolute atomic E-state index is 11.5. The van der Waals surface area contributed by atoms with Crippen LogP contribution < -0.4 is 0 Å². The van der Waals surface area contributed by atoms with Gasteiger partial charge in [0.1, 0.15) is 0 Å². The van der Waals surface area contributed by atoms with E-state index in [-0.39, 0.29) is 24.6 Å². The molecule has 1 fully saturated rings. The summed E-state index contributed by atoms with van der Waals surface area (Å²) >= 11 is 0. The molecule has 0 bridgehead atoms. The molecule has 96 valence electrons. The van der Waals surface area contributed by atoms with Gasteiger partial charge in [0.05, 0.1) is 11.5 Å². The smallest absolute Gasteiger partial charge is 0.338 e. The van der Waals surface area contributed by atoms with Gasteiger partial charge in [0.2, 0.25) is 0 Å². The van der Waals surface area contributed by atoms with E-state index < -0.39 is 16.5 Å². The molecule has 6 heteroatoms. The van der Waals surface area contributed by atoms with Crippen LogP contribution >= 0.6 is 0 Å². The third-order valence-electron chi connectivity index (χ3n) is 3.28. The number of hydrogen-bond acceptors (Lipinski definition) is 5. The van der Waals surface area contributed by atoms with Crippen LogP contribution in [0.1, 0.15) is 12.5 Å². The van der Waals surface area contributed by atoms with Crippen LogP contribution in [0.3, 0.4) is 0 Å². The normalized spacial score (nSPS) is 27.0. The van der Waals surface area contributed by atoms with Crippen molar-refractivity contribution in [3.8, 4) is 0 Å². The Labute approximate surface area is 103 Å². The van der Waals surface area contributed by atoms with Crippen molar-refractivity contribution in [1.29, 1.82) is 0 Å². The fraction of sp³-hybridized carbons (Fsp3) is 0.417. The molecule has 0 aromatic heterocycles. The minimum Gasteiger partial charge on any atom is -0.463 e. The average molecular weight is 251 g/mol. The van der Waals surface area contributed by atoms with Crippen molar-refractivity contribution < 1.29 is 19.6 Å². The topological polar surface area (TPSA) is 89.7 Å². The fourth-order valence-corrected chi connectivity index (χ4v) is 2.04. The Morgan fingerprint density at radius 2 is 2.22 bits per heavy atom. The highest BCUT2D eigenvalue weighted by atomic mass is 16.6. The summed E-state index contributed by atoms with van der Waals surface area (Å²) in [5.74, 6) is -1.10. The summed E-state index contributed by atoms with van der Waals surface area (Å²) in [6, 6.07) is 6.07. The molecular formula is C12H13NO5. The number of benzene rings is 1. The highest BCUT2D eigenvalue weighted by Gasteiger charge is 2.49. The number of ether oxygens (including phenoxy) is 1. The van der Waals surface area contributed by atoms with Crippen LogP contribution in [-0.4, -0.2) is 28.2 Å². The summed E-state index contributed by atoms with van der Waals surface area (Å²) in [5, 5.41) is 21.2. The zero-order chi connectivity index (χ0) is 13.3. The molecule has 1 aliphatic heterocycles. The molecule has 2 atom stereocenters. The zero-order valence-corrected chi connectivity index (χ0v) is 9.83.